The average Bonchev–Trinajstić information content (AvgIpc) is 3.75. The fourth-order valence-corrected chi connectivity index (χ4v) is 11.5. The number of hydrogen-bond acceptors (Lipinski definition) is 14. The maximum Gasteiger partial charge on any atom is 0.421 e. The van der Waals surface area contributed by atoms with E-state index in [0.717, 1.165) is 36.1 Å². The van der Waals surface area contributed by atoms with E-state index in [0.29, 0.717) is 59.9 Å². The number of aliphatic hydroxyl groups is 2. The Kier molecular flexibility index (Phi) is 14.1. The van der Waals surface area contributed by atoms with Gasteiger partial charge in [-0.1, -0.05) is 97.5 Å². The zero-order chi connectivity index (χ0) is 49.8. The summed E-state index contributed by atoms with van der Waals surface area (Å²) in [5, 5.41) is 21.4. The van der Waals surface area contributed by atoms with Gasteiger partial charge in [0, 0.05) is 51.2 Å². The second kappa shape index (κ2) is 20.9. The zero-order valence-corrected chi connectivity index (χ0v) is 40.2. The molecule has 16 nitrogen and oxygen atoms in total. The number of morpholine rings is 1. The Morgan fingerprint density at radius 3 is 2.12 bits per heavy atom. The van der Waals surface area contributed by atoms with E-state index in [1.807, 2.05) is 70.5 Å². The van der Waals surface area contributed by atoms with E-state index in [-0.39, 0.29) is 45.2 Å². The molecule has 4 aromatic carbocycles. The number of benzene rings is 4. The number of hydrogen-bond donors (Lipinski definition) is 2. The summed E-state index contributed by atoms with van der Waals surface area (Å²) >= 11 is 0. The minimum atomic E-state index is -2.04. The molecule has 10 rings (SSSR count). The number of nitrogens with zero attached hydrogens (tertiary/aromatic N) is 6. The molecular weight excluding hydrogens is 917 g/mol. The van der Waals surface area contributed by atoms with Gasteiger partial charge in [0.15, 0.2) is 0 Å². The summed E-state index contributed by atoms with van der Waals surface area (Å²) in [7, 11) is 1.47. The third kappa shape index (κ3) is 8.95. The van der Waals surface area contributed by atoms with Crippen LogP contribution in [0.4, 0.5) is 16.4 Å². The third-order valence-electron chi connectivity index (χ3n) is 14.8. The summed E-state index contributed by atoms with van der Waals surface area (Å²) in [4.78, 5) is 78.8. The summed E-state index contributed by atoms with van der Waals surface area (Å²) in [5.74, 6) is 3.92. The van der Waals surface area contributed by atoms with Crippen molar-refractivity contribution in [1.82, 2.24) is 19.8 Å². The first kappa shape index (κ1) is 48.5. The molecule has 1 spiro atoms. The lowest BCUT2D eigenvalue weighted by molar-refractivity contribution is -0.179. The molecule has 1 aliphatic carbocycles. The Hall–Kier alpha value is -7.16. The van der Waals surface area contributed by atoms with Crippen LogP contribution in [0.2, 0.25) is 0 Å². The number of ether oxygens (including phenoxy) is 4. The highest BCUT2D eigenvalue weighted by Crippen LogP contribution is 2.66. The molecule has 4 aliphatic heterocycles. The van der Waals surface area contributed by atoms with Crippen molar-refractivity contribution in [3.05, 3.63) is 149 Å². The molecule has 372 valence electrons. The first-order chi connectivity index (χ1) is 35.2. The van der Waals surface area contributed by atoms with Gasteiger partial charge >= 0.3 is 12.1 Å². The minimum absolute atomic E-state index is 0.0345. The Morgan fingerprint density at radius 1 is 0.778 bits per heavy atom. The molecule has 72 heavy (non-hydrogen) atoms. The zero-order valence-electron chi connectivity index (χ0n) is 40.2. The van der Waals surface area contributed by atoms with Gasteiger partial charge in [-0.2, -0.15) is 0 Å². The van der Waals surface area contributed by atoms with Gasteiger partial charge in [0.05, 0.1) is 36.9 Å². The Labute approximate surface area is 418 Å². The number of rotatable bonds is 11. The normalized spacial score (nSPS) is 24.7. The van der Waals surface area contributed by atoms with E-state index in [1.165, 1.54) is 7.11 Å². The van der Waals surface area contributed by atoms with Crippen molar-refractivity contribution < 1.29 is 48.3 Å². The highest BCUT2D eigenvalue weighted by molar-refractivity contribution is 6.23. The van der Waals surface area contributed by atoms with Gasteiger partial charge in [0.2, 0.25) is 17.8 Å². The van der Waals surface area contributed by atoms with Crippen LogP contribution >= 0.6 is 0 Å². The van der Waals surface area contributed by atoms with E-state index in [1.54, 1.807) is 65.8 Å². The van der Waals surface area contributed by atoms with Crippen LogP contribution < -0.4 is 14.5 Å². The Morgan fingerprint density at radius 2 is 1.46 bits per heavy atom. The molecule has 0 radical (unpaired) electrons. The number of amides is 3. The topological polar surface area (TPSA) is 184 Å². The second-order valence-corrected chi connectivity index (χ2v) is 18.9. The lowest BCUT2D eigenvalue weighted by Gasteiger charge is -2.46. The van der Waals surface area contributed by atoms with Gasteiger partial charge in [0.25, 0.3) is 0 Å². The van der Waals surface area contributed by atoms with E-state index >= 15 is 14.4 Å². The number of cyclic esters (lactones) is 1. The van der Waals surface area contributed by atoms with Crippen LogP contribution in [-0.2, 0) is 34.0 Å². The lowest BCUT2D eigenvalue weighted by atomic mass is 9.64. The second-order valence-electron chi connectivity index (χ2n) is 18.9. The fraction of sp³-hybridized carbons (Fsp3) is 0.393. The molecule has 1 saturated carbocycles. The van der Waals surface area contributed by atoms with Crippen molar-refractivity contribution in [3.8, 4) is 17.6 Å². The number of carbonyl (C=O) groups excluding carboxylic acids is 4. The molecule has 1 aromatic heterocycles. The molecule has 4 fully saturated rings. The van der Waals surface area contributed by atoms with Crippen LogP contribution in [0, 0.1) is 17.8 Å². The van der Waals surface area contributed by atoms with Crippen LogP contribution in [0.15, 0.2) is 122 Å². The number of imide groups is 1. The molecule has 3 amide bonds. The number of aromatic nitrogens is 2. The van der Waals surface area contributed by atoms with Crippen molar-refractivity contribution in [1.29, 1.82) is 0 Å². The number of piperazine rings is 1. The molecular formula is C56H58N6O10. The molecule has 0 unspecified atom stereocenters. The smallest absolute Gasteiger partial charge is 0.421 e. The largest absolute Gasteiger partial charge is 0.491 e. The van der Waals surface area contributed by atoms with Crippen LogP contribution in [0.1, 0.15) is 84.5 Å². The van der Waals surface area contributed by atoms with Crippen molar-refractivity contribution in [3.63, 3.8) is 0 Å². The molecule has 5 aromatic rings. The number of esters is 1. The number of methoxy groups -OCH3 is 1. The molecule has 6 atom stereocenters. The quantitative estimate of drug-likeness (QED) is 0.0672. The maximum absolute atomic E-state index is 16.6. The lowest BCUT2D eigenvalue weighted by Crippen LogP contribution is -2.59. The van der Waals surface area contributed by atoms with E-state index in [4.69, 9.17) is 18.9 Å². The SMILES string of the molecule is COCCOC(=O)N1C(=O)[C@@]2(c3cc(C#CC4(O)CCCCCC4)ccc31)[C@H](C(=O)N1CCN(c3ncccn3)CC1)[C@H]1C(=O)O[C@H](c3ccccc3)[C@H](c3ccccc3)N1[C@@H]2c1ccc(OCCO)cc1. The standard InChI is InChI=1S/C56H58N6O10/c1-69-35-36-71-54(67)61-44-22-17-38(23-26-55(68)24-10-2-3-11-25-55)37-43(44)56(52(61)66)45(50(64)59-29-31-60(32-30-59)53-57-27-12-28-58-53)47-51(65)72-48(40-15-8-5-9-16-40)46(39-13-6-4-7-14-39)62(47)49(56)41-18-20-42(21-19-41)70-34-33-63/h4-9,12-22,27-28,37,45-49,63,68H,2-3,10-11,24-25,29-36H2,1H3/t45-,46-,47-,48+,49+,56-/m0/s1. The summed E-state index contributed by atoms with van der Waals surface area (Å²) in [5.41, 5.74) is -0.379. The van der Waals surface area contributed by atoms with E-state index < -0.39 is 65.0 Å². The Bertz CT molecular complexity index is 2810. The van der Waals surface area contributed by atoms with Crippen molar-refractivity contribution >= 4 is 35.5 Å². The van der Waals surface area contributed by atoms with Crippen molar-refractivity contribution in [2.24, 2.45) is 5.92 Å². The van der Waals surface area contributed by atoms with Gasteiger partial charge in [-0.25, -0.2) is 19.7 Å². The summed E-state index contributed by atoms with van der Waals surface area (Å²) in [6.45, 7) is 0.834. The van der Waals surface area contributed by atoms with Crippen molar-refractivity contribution in [2.75, 3.05) is 69.5 Å². The third-order valence-corrected chi connectivity index (χ3v) is 14.8. The van der Waals surface area contributed by atoms with Crippen LogP contribution in [0.25, 0.3) is 0 Å². The van der Waals surface area contributed by atoms with E-state index in [2.05, 4.69) is 21.8 Å². The number of aliphatic hydroxyl groups excluding tert-OH is 1. The highest BCUT2D eigenvalue weighted by atomic mass is 16.6. The first-order valence-electron chi connectivity index (χ1n) is 24.8. The molecule has 2 N–H and O–H groups in total. The summed E-state index contributed by atoms with van der Waals surface area (Å²) < 4.78 is 23.5. The number of carbonyl (C=O) groups is 4. The molecule has 5 aliphatic rings. The Balaban J connectivity index is 1.23. The van der Waals surface area contributed by atoms with Crippen LogP contribution in [0.3, 0.4) is 0 Å². The molecule has 3 saturated heterocycles. The fourth-order valence-electron chi connectivity index (χ4n) is 11.5. The molecule has 0 bridgehead atoms. The van der Waals surface area contributed by atoms with Gasteiger partial charge in [-0.3, -0.25) is 19.3 Å². The average molecular weight is 975 g/mol. The van der Waals surface area contributed by atoms with Crippen LogP contribution in [0.5, 0.6) is 5.75 Å². The van der Waals surface area contributed by atoms with Gasteiger partial charge in [0.1, 0.15) is 42.1 Å². The molecule has 5 heterocycles. The van der Waals surface area contributed by atoms with E-state index in [9.17, 15) is 15.0 Å². The van der Waals surface area contributed by atoms with Gasteiger partial charge in [-0.15, -0.1) is 0 Å². The maximum atomic E-state index is 16.6. The highest BCUT2D eigenvalue weighted by Gasteiger charge is 2.76. The van der Waals surface area contributed by atoms with Gasteiger partial charge < -0.3 is 39.0 Å². The summed E-state index contributed by atoms with van der Waals surface area (Å²) in [6, 6.07) is 29.5. The van der Waals surface area contributed by atoms with Crippen LogP contribution in [-0.4, -0.2) is 125 Å². The van der Waals surface area contributed by atoms with Gasteiger partial charge in [-0.05, 0) is 84.3 Å². The number of fused-ring (bicyclic) bond motifs is 3. The minimum Gasteiger partial charge on any atom is -0.491 e. The van der Waals surface area contributed by atoms with Crippen molar-refractivity contribution in [2.45, 2.75) is 73.8 Å². The first-order valence-corrected chi connectivity index (χ1v) is 24.8. The predicted molar refractivity (Wildman–Crippen MR) is 265 cm³/mol. The monoisotopic (exact) mass is 974 g/mol. The summed E-state index contributed by atoms with van der Waals surface area (Å²) in [6.07, 6.45) is 6.10. The molecule has 16 heteroatoms. The number of anilines is 2. The predicted octanol–water partition coefficient (Wildman–Crippen LogP) is 6.08.